The van der Waals surface area contributed by atoms with Gasteiger partial charge in [0.1, 0.15) is 11.2 Å². The van der Waals surface area contributed by atoms with Crippen molar-refractivity contribution in [3.63, 3.8) is 0 Å². The normalized spacial score (nSPS) is 11.9. The molecule has 0 radical (unpaired) electrons. The molecule has 122 valence electrons. The molecule has 0 aliphatic carbocycles. The Balaban J connectivity index is 2.79. The zero-order chi connectivity index (χ0) is 17.0. The van der Waals surface area contributed by atoms with Crippen LogP contribution in [-0.4, -0.2) is 23.1 Å². The lowest BCUT2D eigenvalue weighted by Crippen LogP contribution is -2.27. The summed E-state index contributed by atoms with van der Waals surface area (Å²) < 4.78 is 10.8. The summed E-state index contributed by atoms with van der Waals surface area (Å²) in [5.41, 5.74) is -0.152. The maximum atomic E-state index is 12.0. The van der Waals surface area contributed by atoms with E-state index in [2.05, 4.69) is 0 Å². The van der Waals surface area contributed by atoms with Crippen LogP contribution in [0.5, 0.6) is 0 Å². The van der Waals surface area contributed by atoms with E-state index in [1.807, 2.05) is 41.5 Å². The summed E-state index contributed by atoms with van der Waals surface area (Å²) in [5.74, 6) is -0.777. The molecule has 4 nitrogen and oxygen atoms in total. The van der Waals surface area contributed by atoms with Gasteiger partial charge in [0.05, 0.1) is 11.1 Å². The molecule has 0 heterocycles. The largest absolute Gasteiger partial charge is 0.456 e. The lowest BCUT2D eigenvalue weighted by atomic mass is 10.1. The van der Waals surface area contributed by atoms with E-state index in [0.29, 0.717) is 11.1 Å². The molecule has 1 rings (SSSR count). The van der Waals surface area contributed by atoms with Crippen LogP contribution in [0.1, 0.15) is 75.1 Å². The summed E-state index contributed by atoms with van der Waals surface area (Å²) in [5, 5.41) is 0. The highest BCUT2D eigenvalue weighted by Gasteiger charge is 2.23. The number of carbonyl (C=O) groups is 2. The van der Waals surface area contributed by atoms with Crippen molar-refractivity contribution in [3.05, 3.63) is 35.4 Å². The minimum absolute atomic E-state index is 0.388. The van der Waals surface area contributed by atoms with Crippen LogP contribution in [0, 0.1) is 0 Å². The predicted molar refractivity (Wildman–Crippen MR) is 86.0 cm³/mol. The zero-order valence-corrected chi connectivity index (χ0v) is 14.4. The highest BCUT2D eigenvalue weighted by molar-refractivity contribution is 5.93. The van der Waals surface area contributed by atoms with E-state index < -0.39 is 11.2 Å². The number of esters is 2. The molecule has 0 spiro atoms. The Morgan fingerprint density at radius 2 is 1.05 bits per heavy atom. The molecular formula is C18H26O4. The van der Waals surface area contributed by atoms with Gasteiger partial charge < -0.3 is 9.47 Å². The van der Waals surface area contributed by atoms with Gasteiger partial charge in [0, 0.05) is 0 Å². The van der Waals surface area contributed by atoms with E-state index in [0.717, 1.165) is 12.8 Å². The number of carbonyl (C=O) groups excluding carboxylic acids is 2. The monoisotopic (exact) mass is 306 g/mol. The van der Waals surface area contributed by atoms with E-state index in [1.165, 1.54) is 0 Å². The quantitative estimate of drug-likeness (QED) is 0.732. The smallest absolute Gasteiger partial charge is 0.338 e. The van der Waals surface area contributed by atoms with Gasteiger partial charge in [-0.2, -0.15) is 0 Å². The van der Waals surface area contributed by atoms with Crippen molar-refractivity contribution < 1.29 is 19.1 Å². The van der Waals surface area contributed by atoms with Gasteiger partial charge in [-0.25, -0.2) is 9.59 Å². The molecule has 0 saturated carbocycles. The van der Waals surface area contributed by atoms with Crippen LogP contribution in [0.3, 0.4) is 0 Å². The SMILES string of the molecule is CCC(C)(C)OC(=O)c1ccc(C(=O)OC(C)(C)CC)cc1. The minimum Gasteiger partial charge on any atom is -0.456 e. The van der Waals surface area contributed by atoms with Gasteiger partial charge in [-0.1, -0.05) is 13.8 Å². The summed E-state index contributed by atoms with van der Waals surface area (Å²) in [6.45, 7) is 11.4. The average molecular weight is 306 g/mol. The van der Waals surface area contributed by atoms with Gasteiger partial charge in [0.2, 0.25) is 0 Å². The van der Waals surface area contributed by atoms with Gasteiger partial charge >= 0.3 is 11.9 Å². The molecule has 4 heteroatoms. The molecule has 0 aliphatic heterocycles. The van der Waals surface area contributed by atoms with Crippen LogP contribution < -0.4 is 0 Å². The van der Waals surface area contributed by atoms with Crippen LogP contribution >= 0.6 is 0 Å². The van der Waals surface area contributed by atoms with Crippen molar-refractivity contribution in [1.82, 2.24) is 0 Å². The van der Waals surface area contributed by atoms with Gasteiger partial charge in [-0.3, -0.25) is 0 Å². The second kappa shape index (κ2) is 6.95. The molecule has 0 unspecified atom stereocenters. The Bertz CT molecular complexity index is 478. The van der Waals surface area contributed by atoms with Crippen molar-refractivity contribution in [2.75, 3.05) is 0 Å². The van der Waals surface area contributed by atoms with Crippen molar-refractivity contribution in [3.8, 4) is 0 Å². The molecule has 0 aromatic heterocycles. The Kier molecular flexibility index (Phi) is 5.75. The van der Waals surface area contributed by atoms with Crippen molar-refractivity contribution in [1.29, 1.82) is 0 Å². The molecule has 0 atom stereocenters. The Morgan fingerprint density at radius 1 is 0.773 bits per heavy atom. The van der Waals surface area contributed by atoms with Crippen LogP contribution in [0.25, 0.3) is 0 Å². The molecule has 1 aromatic rings. The van der Waals surface area contributed by atoms with Gasteiger partial charge in [-0.15, -0.1) is 0 Å². The fourth-order valence-corrected chi connectivity index (χ4v) is 1.51. The highest BCUT2D eigenvalue weighted by Crippen LogP contribution is 2.19. The minimum atomic E-state index is -0.500. The third-order valence-electron chi connectivity index (χ3n) is 3.80. The summed E-state index contributed by atoms with van der Waals surface area (Å²) in [4.78, 5) is 24.1. The van der Waals surface area contributed by atoms with Crippen LogP contribution in [0.4, 0.5) is 0 Å². The highest BCUT2D eigenvalue weighted by atomic mass is 16.6. The van der Waals surface area contributed by atoms with E-state index in [1.54, 1.807) is 24.3 Å². The first kappa shape index (κ1) is 18.2. The maximum Gasteiger partial charge on any atom is 0.338 e. The zero-order valence-electron chi connectivity index (χ0n) is 14.4. The molecule has 0 amide bonds. The van der Waals surface area contributed by atoms with Crippen LogP contribution in [-0.2, 0) is 9.47 Å². The van der Waals surface area contributed by atoms with Crippen molar-refractivity contribution >= 4 is 11.9 Å². The molecule has 0 N–H and O–H groups in total. The van der Waals surface area contributed by atoms with Crippen LogP contribution in [0.15, 0.2) is 24.3 Å². The van der Waals surface area contributed by atoms with Crippen molar-refractivity contribution in [2.24, 2.45) is 0 Å². The third-order valence-corrected chi connectivity index (χ3v) is 3.80. The number of hydrogen-bond donors (Lipinski definition) is 0. The standard InChI is InChI=1S/C18H26O4/c1-7-17(3,4)21-15(19)13-9-11-14(12-10-13)16(20)22-18(5,6)8-2/h9-12H,7-8H2,1-6H3. The van der Waals surface area contributed by atoms with E-state index in [-0.39, 0.29) is 11.9 Å². The van der Waals surface area contributed by atoms with Gasteiger partial charge in [-0.05, 0) is 64.8 Å². The average Bonchev–Trinajstić information content (AvgIpc) is 2.46. The summed E-state index contributed by atoms with van der Waals surface area (Å²) in [6, 6.07) is 6.35. The third kappa shape index (κ3) is 5.17. The first-order valence-corrected chi connectivity index (χ1v) is 7.67. The Hall–Kier alpha value is -1.84. The van der Waals surface area contributed by atoms with E-state index >= 15 is 0 Å². The lowest BCUT2D eigenvalue weighted by molar-refractivity contribution is -0.00405. The maximum absolute atomic E-state index is 12.0. The summed E-state index contributed by atoms with van der Waals surface area (Å²) in [7, 11) is 0. The molecule has 0 saturated heterocycles. The lowest BCUT2D eigenvalue weighted by Gasteiger charge is -2.24. The van der Waals surface area contributed by atoms with Crippen molar-refractivity contribution in [2.45, 2.75) is 65.6 Å². The fourth-order valence-electron chi connectivity index (χ4n) is 1.51. The molecule has 22 heavy (non-hydrogen) atoms. The second-order valence-corrected chi connectivity index (χ2v) is 6.58. The first-order chi connectivity index (χ1) is 10.1. The van der Waals surface area contributed by atoms with Gasteiger partial charge in [0.15, 0.2) is 0 Å². The van der Waals surface area contributed by atoms with Gasteiger partial charge in [0.25, 0.3) is 0 Å². The Labute approximate surface area is 132 Å². The topological polar surface area (TPSA) is 52.6 Å². The number of rotatable bonds is 6. The Morgan fingerprint density at radius 3 is 1.27 bits per heavy atom. The molecule has 1 aromatic carbocycles. The number of ether oxygens (including phenoxy) is 2. The predicted octanol–water partition coefficient (Wildman–Crippen LogP) is 4.38. The molecular weight excluding hydrogens is 280 g/mol. The second-order valence-electron chi connectivity index (χ2n) is 6.58. The van der Waals surface area contributed by atoms with E-state index in [9.17, 15) is 9.59 Å². The number of hydrogen-bond acceptors (Lipinski definition) is 4. The fraction of sp³-hybridized carbons (Fsp3) is 0.556. The summed E-state index contributed by atoms with van der Waals surface area (Å²) >= 11 is 0. The first-order valence-electron chi connectivity index (χ1n) is 7.67. The summed E-state index contributed by atoms with van der Waals surface area (Å²) in [6.07, 6.45) is 1.46. The molecule has 0 fully saturated rings. The van der Waals surface area contributed by atoms with Crippen LogP contribution in [0.2, 0.25) is 0 Å². The molecule has 0 bridgehead atoms. The molecule has 0 aliphatic rings. The number of benzene rings is 1. The van der Waals surface area contributed by atoms with E-state index in [4.69, 9.17) is 9.47 Å².